The molecule has 1 amide bonds. The summed E-state index contributed by atoms with van der Waals surface area (Å²) < 4.78 is 0.778. The van der Waals surface area contributed by atoms with Gasteiger partial charge in [0.15, 0.2) is 0 Å². The van der Waals surface area contributed by atoms with E-state index in [1.54, 1.807) is 16.2 Å². The van der Waals surface area contributed by atoms with Gasteiger partial charge < -0.3 is 10.2 Å². The van der Waals surface area contributed by atoms with Crippen LogP contribution in [-0.4, -0.2) is 54.5 Å². The van der Waals surface area contributed by atoms with Crippen LogP contribution in [0.2, 0.25) is 4.34 Å². The average molecular weight is 328 g/mol. The van der Waals surface area contributed by atoms with Gasteiger partial charge in [-0.05, 0) is 31.4 Å². The second-order valence-electron chi connectivity index (χ2n) is 6.12. The van der Waals surface area contributed by atoms with Crippen LogP contribution in [-0.2, 0) is 11.3 Å². The Bertz CT molecular complexity index is 507. The van der Waals surface area contributed by atoms with Crippen LogP contribution in [0.15, 0.2) is 12.1 Å². The highest BCUT2D eigenvalue weighted by molar-refractivity contribution is 7.16. The summed E-state index contributed by atoms with van der Waals surface area (Å²) in [5, 5.41) is 3.65. The van der Waals surface area contributed by atoms with Gasteiger partial charge in [-0.1, -0.05) is 11.6 Å². The molecule has 0 aromatic carbocycles. The molecule has 2 unspecified atom stereocenters. The van der Waals surface area contributed by atoms with Gasteiger partial charge >= 0.3 is 0 Å². The predicted molar refractivity (Wildman–Crippen MR) is 86.8 cm³/mol. The summed E-state index contributed by atoms with van der Waals surface area (Å²) in [7, 11) is 1.87. The summed E-state index contributed by atoms with van der Waals surface area (Å²) in [4.78, 5) is 17.6. The zero-order valence-corrected chi connectivity index (χ0v) is 13.9. The van der Waals surface area contributed by atoms with Gasteiger partial charge in [-0.3, -0.25) is 9.69 Å². The van der Waals surface area contributed by atoms with Crippen molar-refractivity contribution in [2.75, 3.05) is 26.7 Å². The van der Waals surface area contributed by atoms with Crippen molar-refractivity contribution < 1.29 is 4.79 Å². The van der Waals surface area contributed by atoms with Crippen molar-refractivity contribution in [2.24, 2.45) is 0 Å². The Morgan fingerprint density at radius 2 is 2.24 bits per heavy atom. The molecule has 3 heterocycles. The molecule has 1 aromatic rings. The van der Waals surface area contributed by atoms with E-state index < -0.39 is 0 Å². The quantitative estimate of drug-likeness (QED) is 0.920. The Morgan fingerprint density at radius 1 is 1.43 bits per heavy atom. The Morgan fingerprint density at radius 3 is 3.00 bits per heavy atom. The lowest BCUT2D eigenvalue weighted by Crippen LogP contribution is -2.42. The fraction of sp³-hybridized carbons (Fsp3) is 0.667. The molecule has 4 nitrogen and oxygen atoms in total. The topological polar surface area (TPSA) is 35.6 Å². The van der Waals surface area contributed by atoms with Crippen molar-refractivity contribution in [3.63, 3.8) is 0 Å². The number of amides is 1. The number of fused-ring (bicyclic) bond motifs is 2. The maximum Gasteiger partial charge on any atom is 0.236 e. The number of rotatable bonds is 4. The maximum absolute atomic E-state index is 12.4. The SMILES string of the molecule is CN(Cc1ccc(Cl)s1)C(=O)CN1CCC2CCC(C1)N2. The van der Waals surface area contributed by atoms with E-state index in [-0.39, 0.29) is 5.91 Å². The summed E-state index contributed by atoms with van der Waals surface area (Å²) in [6, 6.07) is 5.12. The maximum atomic E-state index is 12.4. The highest BCUT2D eigenvalue weighted by Crippen LogP contribution is 2.23. The molecule has 0 saturated carbocycles. The molecule has 2 aliphatic heterocycles. The molecule has 2 aliphatic rings. The van der Waals surface area contributed by atoms with Crippen molar-refractivity contribution in [1.29, 1.82) is 0 Å². The molecule has 1 N–H and O–H groups in total. The lowest BCUT2D eigenvalue weighted by molar-refractivity contribution is -0.131. The van der Waals surface area contributed by atoms with Gasteiger partial charge in [-0.2, -0.15) is 0 Å². The molecule has 2 bridgehead atoms. The molecule has 1 aromatic heterocycles. The molecule has 2 saturated heterocycles. The summed E-state index contributed by atoms with van der Waals surface area (Å²) in [5.74, 6) is 0.192. The van der Waals surface area contributed by atoms with Gasteiger partial charge in [-0.15, -0.1) is 11.3 Å². The number of nitrogens with one attached hydrogen (secondary N) is 1. The standard InChI is InChI=1S/C15H22ClN3OS/c1-18(9-13-4-5-14(16)21-13)15(20)10-19-7-6-11-2-3-12(8-19)17-11/h4-5,11-12,17H,2-3,6-10H2,1H3. The van der Waals surface area contributed by atoms with E-state index in [0.717, 1.165) is 28.7 Å². The number of likely N-dealkylation sites (tertiary alicyclic amines) is 1. The van der Waals surface area contributed by atoms with Crippen LogP contribution in [0.5, 0.6) is 0 Å². The lowest BCUT2D eigenvalue weighted by Gasteiger charge is -2.26. The first-order valence-corrected chi connectivity index (χ1v) is 8.76. The highest BCUT2D eigenvalue weighted by atomic mass is 35.5. The minimum Gasteiger partial charge on any atom is -0.340 e. The highest BCUT2D eigenvalue weighted by Gasteiger charge is 2.30. The molecule has 6 heteroatoms. The Kier molecular flexibility index (Phi) is 4.84. The molecule has 3 rings (SSSR count). The fourth-order valence-electron chi connectivity index (χ4n) is 3.23. The van der Waals surface area contributed by atoms with E-state index in [0.29, 0.717) is 25.2 Å². The van der Waals surface area contributed by atoms with Crippen LogP contribution < -0.4 is 5.32 Å². The van der Waals surface area contributed by atoms with Gasteiger partial charge in [0.2, 0.25) is 5.91 Å². The van der Waals surface area contributed by atoms with E-state index in [4.69, 9.17) is 11.6 Å². The molecule has 0 radical (unpaired) electrons. The van der Waals surface area contributed by atoms with Crippen molar-refractivity contribution in [3.05, 3.63) is 21.3 Å². The number of thiophene rings is 1. The lowest BCUT2D eigenvalue weighted by atomic mass is 10.1. The van der Waals surface area contributed by atoms with Crippen LogP contribution in [0.1, 0.15) is 24.1 Å². The van der Waals surface area contributed by atoms with Crippen LogP contribution in [0.3, 0.4) is 0 Å². The third-order valence-corrected chi connectivity index (χ3v) is 5.63. The number of nitrogens with zero attached hydrogens (tertiary/aromatic N) is 2. The van der Waals surface area contributed by atoms with Crippen molar-refractivity contribution in [2.45, 2.75) is 37.9 Å². The molecule has 0 spiro atoms. The van der Waals surface area contributed by atoms with Crippen molar-refractivity contribution in [3.8, 4) is 0 Å². The summed E-state index contributed by atoms with van der Waals surface area (Å²) in [6.45, 7) is 3.20. The van der Waals surface area contributed by atoms with E-state index in [2.05, 4.69) is 10.2 Å². The number of likely N-dealkylation sites (N-methyl/N-ethyl adjacent to an activating group) is 1. The van der Waals surface area contributed by atoms with E-state index in [1.807, 2.05) is 19.2 Å². The molecule has 116 valence electrons. The normalized spacial score (nSPS) is 25.8. The fourth-order valence-corrected chi connectivity index (χ4v) is 4.37. The second-order valence-corrected chi connectivity index (χ2v) is 7.92. The summed E-state index contributed by atoms with van der Waals surface area (Å²) in [6.07, 6.45) is 3.71. The zero-order valence-electron chi connectivity index (χ0n) is 12.3. The molecule has 21 heavy (non-hydrogen) atoms. The zero-order chi connectivity index (χ0) is 14.8. The number of hydrogen-bond donors (Lipinski definition) is 1. The van der Waals surface area contributed by atoms with E-state index >= 15 is 0 Å². The smallest absolute Gasteiger partial charge is 0.236 e. The molecular weight excluding hydrogens is 306 g/mol. The minimum absolute atomic E-state index is 0.192. The van der Waals surface area contributed by atoms with Crippen LogP contribution >= 0.6 is 22.9 Å². The minimum atomic E-state index is 0.192. The second kappa shape index (κ2) is 6.65. The largest absolute Gasteiger partial charge is 0.340 e. The Hall–Kier alpha value is -0.620. The van der Waals surface area contributed by atoms with Crippen LogP contribution in [0.25, 0.3) is 0 Å². The predicted octanol–water partition coefficient (Wildman–Crippen LogP) is 2.19. The monoisotopic (exact) mass is 327 g/mol. The summed E-state index contributed by atoms with van der Waals surface area (Å²) >= 11 is 7.47. The van der Waals surface area contributed by atoms with Gasteiger partial charge in [-0.25, -0.2) is 0 Å². The van der Waals surface area contributed by atoms with Gasteiger partial charge in [0.1, 0.15) is 0 Å². The summed E-state index contributed by atoms with van der Waals surface area (Å²) in [5.41, 5.74) is 0. The Balaban J connectivity index is 1.50. The molecular formula is C15H22ClN3OS. The first-order valence-electron chi connectivity index (χ1n) is 7.57. The van der Waals surface area contributed by atoms with Gasteiger partial charge in [0, 0.05) is 37.1 Å². The number of halogens is 1. The number of hydrogen-bond acceptors (Lipinski definition) is 4. The van der Waals surface area contributed by atoms with Gasteiger partial charge in [0.25, 0.3) is 0 Å². The van der Waals surface area contributed by atoms with E-state index in [9.17, 15) is 4.79 Å². The van der Waals surface area contributed by atoms with Crippen molar-refractivity contribution >= 4 is 28.8 Å². The third kappa shape index (κ3) is 3.97. The first kappa shape index (κ1) is 15.3. The number of carbonyl (C=O) groups excluding carboxylic acids is 1. The number of carbonyl (C=O) groups is 1. The molecule has 0 aliphatic carbocycles. The molecule has 2 fully saturated rings. The average Bonchev–Trinajstić information content (AvgIpc) is 2.98. The Labute approximate surface area is 135 Å². The third-order valence-electron chi connectivity index (χ3n) is 4.41. The first-order chi connectivity index (χ1) is 10.1. The van der Waals surface area contributed by atoms with Crippen LogP contribution in [0, 0.1) is 0 Å². The van der Waals surface area contributed by atoms with Crippen molar-refractivity contribution in [1.82, 2.24) is 15.1 Å². The van der Waals surface area contributed by atoms with Gasteiger partial charge in [0.05, 0.1) is 17.4 Å². The van der Waals surface area contributed by atoms with Crippen LogP contribution in [0.4, 0.5) is 0 Å². The van der Waals surface area contributed by atoms with E-state index in [1.165, 1.54) is 12.8 Å². The molecule has 2 atom stereocenters.